The fourth-order valence-corrected chi connectivity index (χ4v) is 2.79. The molecule has 106 valence electrons. The summed E-state index contributed by atoms with van der Waals surface area (Å²) in [5.74, 6) is 1.98. The molecule has 0 bridgehead atoms. The molecule has 2 atom stereocenters. The van der Waals surface area contributed by atoms with Crippen molar-refractivity contribution in [2.75, 3.05) is 18.5 Å². The molecule has 0 saturated heterocycles. The summed E-state index contributed by atoms with van der Waals surface area (Å²) in [6, 6.07) is 5.65. The van der Waals surface area contributed by atoms with Crippen LogP contribution in [0.15, 0.2) is 18.2 Å². The topological polar surface area (TPSA) is 54.4 Å². The van der Waals surface area contributed by atoms with Gasteiger partial charge in [-0.25, -0.2) is 0 Å². The summed E-state index contributed by atoms with van der Waals surface area (Å²) in [6.45, 7) is 5.31. The number of nitrogens with zero attached hydrogens (tertiary/aromatic N) is 1. The lowest BCUT2D eigenvalue weighted by molar-refractivity contribution is -0.000837. The maximum Gasteiger partial charge on any atom is 0.215 e. The number of aliphatic hydroxyl groups is 1. The minimum absolute atomic E-state index is 0.555. The first kappa shape index (κ1) is 14.1. The van der Waals surface area contributed by atoms with Crippen LogP contribution in [-0.4, -0.2) is 28.8 Å². The summed E-state index contributed by atoms with van der Waals surface area (Å²) in [7, 11) is 0. The highest BCUT2D eigenvalue weighted by molar-refractivity contribution is 5.37. The molecule has 1 aliphatic carbocycles. The summed E-state index contributed by atoms with van der Waals surface area (Å²) in [5, 5.41) is 13.8. The van der Waals surface area contributed by atoms with Crippen molar-refractivity contribution in [1.82, 2.24) is 4.98 Å². The Balaban J connectivity index is 1.92. The van der Waals surface area contributed by atoms with Gasteiger partial charge in [-0.15, -0.1) is 0 Å². The number of ether oxygens (including phenoxy) is 1. The molecule has 2 N–H and O–H groups in total. The molecule has 0 amide bonds. The molecule has 1 fully saturated rings. The molecule has 4 heteroatoms. The van der Waals surface area contributed by atoms with Crippen molar-refractivity contribution in [2.24, 2.45) is 5.92 Å². The van der Waals surface area contributed by atoms with E-state index in [1.54, 1.807) is 0 Å². The van der Waals surface area contributed by atoms with E-state index in [1.807, 2.05) is 25.1 Å². The van der Waals surface area contributed by atoms with Crippen molar-refractivity contribution in [3.8, 4) is 5.88 Å². The quantitative estimate of drug-likeness (QED) is 0.858. The Labute approximate surface area is 115 Å². The molecule has 1 heterocycles. The smallest absolute Gasteiger partial charge is 0.215 e. The van der Waals surface area contributed by atoms with E-state index in [9.17, 15) is 5.11 Å². The molecule has 4 nitrogen and oxygen atoms in total. The van der Waals surface area contributed by atoms with Crippen LogP contribution in [0.25, 0.3) is 0 Å². The van der Waals surface area contributed by atoms with Crippen LogP contribution >= 0.6 is 0 Å². The lowest BCUT2D eigenvalue weighted by Gasteiger charge is -2.35. The fraction of sp³-hybridized carbons (Fsp3) is 0.667. The summed E-state index contributed by atoms with van der Waals surface area (Å²) in [6.07, 6.45) is 4.06. The zero-order chi connectivity index (χ0) is 13.7. The summed E-state index contributed by atoms with van der Waals surface area (Å²) >= 11 is 0. The van der Waals surface area contributed by atoms with Gasteiger partial charge < -0.3 is 15.2 Å². The maximum atomic E-state index is 10.6. The number of aromatic nitrogens is 1. The van der Waals surface area contributed by atoms with Gasteiger partial charge in [0.25, 0.3) is 0 Å². The molecular formula is C15H24N2O2. The van der Waals surface area contributed by atoms with Crippen LogP contribution in [0.2, 0.25) is 0 Å². The van der Waals surface area contributed by atoms with Gasteiger partial charge in [0.2, 0.25) is 5.88 Å². The zero-order valence-electron chi connectivity index (χ0n) is 11.9. The Morgan fingerprint density at radius 1 is 1.53 bits per heavy atom. The predicted molar refractivity (Wildman–Crippen MR) is 76.5 cm³/mol. The first-order chi connectivity index (χ1) is 9.11. The molecule has 2 unspecified atom stereocenters. The van der Waals surface area contributed by atoms with Gasteiger partial charge in [-0.1, -0.05) is 25.8 Å². The fourth-order valence-electron chi connectivity index (χ4n) is 2.79. The van der Waals surface area contributed by atoms with E-state index in [4.69, 9.17) is 4.74 Å². The van der Waals surface area contributed by atoms with Crippen molar-refractivity contribution >= 4 is 5.82 Å². The lowest BCUT2D eigenvalue weighted by Crippen LogP contribution is -2.41. The second kappa shape index (κ2) is 6.24. The van der Waals surface area contributed by atoms with Crippen LogP contribution in [-0.2, 0) is 0 Å². The van der Waals surface area contributed by atoms with E-state index in [1.165, 1.54) is 6.42 Å². The van der Waals surface area contributed by atoms with Gasteiger partial charge in [0.1, 0.15) is 5.82 Å². The van der Waals surface area contributed by atoms with Gasteiger partial charge in [0.05, 0.1) is 12.2 Å². The lowest BCUT2D eigenvalue weighted by atomic mass is 9.79. The number of pyridine rings is 1. The van der Waals surface area contributed by atoms with E-state index >= 15 is 0 Å². The van der Waals surface area contributed by atoms with Crippen molar-refractivity contribution in [2.45, 2.75) is 45.1 Å². The first-order valence-corrected chi connectivity index (χ1v) is 7.17. The zero-order valence-corrected chi connectivity index (χ0v) is 11.9. The molecule has 0 radical (unpaired) electrons. The SMILES string of the molecule is CCOc1cccc(NCC2(O)CCCC(C)C2)n1. The van der Waals surface area contributed by atoms with Gasteiger partial charge in [-0.2, -0.15) is 4.98 Å². The highest BCUT2D eigenvalue weighted by Crippen LogP contribution is 2.32. The average Bonchev–Trinajstić information content (AvgIpc) is 2.37. The Bertz CT molecular complexity index is 411. The van der Waals surface area contributed by atoms with Crippen molar-refractivity contribution < 1.29 is 9.84 Å². The average molecular weight is 264 g/mol. The van der Waals surface area contributed by atoms with E-state index in [0.717, 1.165) is 25.1 Å². The third kappa shape index (κ3) is 4.10. The van der Waals surface area contributed by atoms with E-state index in [2.05, 4.69) is 17.2 Å². The Morgan fingerprint density at radius 2 is 2.37 bits per heavy atom. The molecule has 1 saturated carbocycles. The van der Waals surface area contributed by atoms with Crippen LogP contribution in [0.3, 0.4) is 0 Å². The second-order valence-corrected chi connectivity index (χ2v) is 5.57. The summed E-state index contributed by atoms with van der Waals surface area (Å²) in [5.41, 5.74) is -0.596. The number of rotatable bonds is 5. The molecule has 1 aromatic heterocycles. The highest BCUT2D eigenvalue weighted by atomic mass is 16.5. The predicted octanol–water partition coefficient (Wildman–Crippen LogP) is 2.83. The summed E-state index contributed by atoms with van der Waals surface area (Å²) in [4.78, 5) is 4.35. The number of hydrogen-bond donors (Lipinski definition) is 2. The molecular weight excluding hydrogens is 240 g/mol. The molecule has 1 aromatic rings. The van der Waals surface area contributed by atoms with Gasteiger partial charge in [-0.3, -0.25) is 0 Å². The summed E-state index contributed by atoms with van der Waals surface area (Å²) < 4.78 is 5.37. The Kier molecular flexibility index (Phi) is 4.64. The van der Waals surface area contributed by atoms with Crippen LogP contribution in [0.4, 0.5) is 5.82 Å². The van der Waals surface area contributed by atoms with Crippen LogP contribution < -0.4 is 10.1 Å². The van der Waals surface area contributed by atoms with Crippen LogP contribution in [0, 0.1) is 5.92 Å². The monoisotopic (exact) mass is 264 g/mol. The largest absolute Gasteiger partial charge is 0.478 e. The third-order valence-corrected chi connectivity index (χ3v) is 3.68. The molecule has 0 spiro atoms. The minimum atomic E-state index is -0.596. The molecule has 0 aliphatic heterocycles. The van der Waals surface area contributed by atoms with Gasteiger partial charge >= 0.3 is 0 Å². The van der Waals surface area contributed by atoms with Crippen LogP contribution in [0.5, 0.6) is 5.88 Å². The Hall–Kier alpha value is -1.29. The first-order valence-electron chi connectivity index (χ1n) is 7.17. The highest BCUT2D eigenvalue weighted by Gasteiger charge is 2.32. The molecule has 1 aliphatic rings. The van der Waals surface area contributed by atoms with E-state index in [0.29, 0.717) is 24.9 Å². The van der Waals surface area contributed by atoms with E-state index in [-0.39, 0.29) is 0 Å². The molecule has 2 rings (SSSR count). The van der Waals surface area contributed by atoms with Gasteiger partial charge in [0, 0.05) is 12.6 Å². The Morgan fingerprint density at radius 3 is 3.11 bits per heavy atom. The van der Waals surface area contributed by atoms with E-state index < -0.39 is 5.60 Å². The number of nitrogens with one attached hydrogen (secondary N) is 1. The maximum absolute atomic E-state index is 10.6. The standard InChI is InChI=1S/C15H24N2O2/c1-3-19-14-8-4-7-13(17-14)16-11-15(18)9-5-6-12(2)10-15/h4,7-8,12,18H,3,5-6,9-11H2,1-2H3,(H,16,17). The number of anilines is 1. The molecule has 0 aromatic carbocycles. The van der Waals surface area contributed by atoms with Crippen molar-refractivity contribution in [3.63, 3.8) is 0 Å². The second-order valence-electron chi connectivity index (χ2n) is 5.57. The van der Waals surface area contributed by atoms with Crippen molar-refractivity contribution in [1.29, 1.82) is 0 Å². The van der Waals surface area contributed by atoms with Gasteiger partial charge in [0.15, 0.2) is 0 Å². The number of hydrogen-bond acceptors (Lipinski definition) is 4. The normalized spacial score (nSPS) is 27.0. The van der Waals surface area contributed by atoms with Crippen molar-refractivity contribution in [3.05, 3.63) is 18.2 Å². The van der Waals surface area contributed by atoms with Gasteiger partial charge in [-0.05, 0) is 31.7 Å². The third-order valence-electron chi connectivity index (χ3n) is 3.68. The molecule has 19 heavy (non-hydrogen) atoms. The minimum Gasteiger partial charge on any atom is -0.478 e. The van der Waals surface area contributed by atoms with Crippen LogP contribution in [0.1, 0.15) is 39.5 Å².